The van der Waals surface area contributed by atoms with Gasteiger partial charge in [0.15, 0.2) is 0 Å². The van der Waals surface area contributed by atoms with E-state index in [2.05, 4.69) is 19.2 Å². The summed E-state index contributed by atoms with van der Waals surface area (Å²) >= 11 is 5.90. The molecule has 3 nitrogen and oxygen atoms in total. The quantitative estimate of drug-likeness (QED) is 0.841. The van der Waals surface area contributed by atoms with Crippen LogP contribution in [-0.2, 0) is 10.3 Å². The number of hydrogen-bond donors (Lipinski definition) is 2. The van der Waals surface area contributed by atoms with E-state index >= 15 is 0 Å². The van der Waals surface area contributed by atoms with E-state index in [1.807, 2.05) is 12.1 Å². The zero-order valence-electron chi connectivity index (χ0n) is 11.3. The Labute approximate surface area is 119 Å². The van der Waals surface area contributed by atoms with Gasteiger partial charge in [0.1, 0.15) is 5.54 Å². The van der Waals surface area contributed by atoms with Crippen LogP contribution >= 0.6 is 11.6 Å². The number of aliphatic carboxylic acids is 1. The Bertz CT molecular complexity index is 454. The summed E-state index contributed by atoms with van der Waals surface area (Å²) in [4.78, 5) is 11.9. The number of carboxylic acid groups (broad SMARTS) is 1. The van der Waals surface area contributed by atoms with Crippen molar-refractivity contribution >= 4 is 17.6 Å². The first-order valence-electron chi connectivity index (χ1n) is 6.71. The van der Waals surface area contributed by atoms with Gasteiger partial charge in [-0.05, 0) is 48.9 Å². The lowest BCUT2D eigenvalue weighted by Crippen LogP contribution is -2.52. The molecule has 1 atom stereocenters. The minimum Gasteiger partial charge on any atom is -0.480 e. The summed E-state index contributed by atoms with van der Waals surface area (Å²) in [5.74, 6) is -0.215. The van der Waals surface area contributed by atoms with Crippen molar-refractivity contribution in [2.75, 3.05) is 6.54 Å². The standard InChI is InChI=1S/C15H20ClNO2/c1-10(2)9-17-15(14(18)19,11-3-4-11)12-5-7-13(16)8-6-12/h5-8,10-11,17H,3-4,9H2,1-2H3,(H,18,19). The monoisotopic (exact) mass is 281 g/mol. The minimum absolute atomic E-state index is 0.171. The number of hydrogen-bond acceptors (Lipinski definition) is 2. The number of nitrogens with one attached hydrogen (secondary N) is 1. The smallest absolute Gasteiger partial charge is 0.328 e. The predicted octanol–water partition coefficient (Wildman–Crippen LogP) is 3.28. The number of carbonyl (C=O) groups is 1. The Hall–Kier alpha value is -1.06. The van der Waals surface area contributed by atoms with Crippen molar-refractivity contribution in [2.45, 2.75) is 32.2 Å². The molecule has 1 aliphatic carbocycles. The second kappa shape index (κ2) is 5.51. The van der Waals surface area contributed by atoms with Gasteiger partial charge < -0.3 is 5.11 Å². The molecular formula is C15H20ClNO2. The summed E-state index contributed by atoms with van der Waals surface area (Å²) in [6.07, 6.45) is 1.92. The van der Waals surface area contributed by atoms with E-state index in [9.17, 15) is 9.90 Å². The first kappa shape index (κ1) is 14.4. The number of benzene rings is 1. The van der Waals surface area contributed by atoms with Crippen LogP contribution in [0.15, 0.2) is 24.3 Å². The van der Waals surface area contributed by atoms with Gasteiger partial charge in [-0.15, -0.1) is 0 Å². The van der Waals surface area contributed by atoms with E-state index in [0.29, 0.717) is 17.5 Å². The molecule has 0 heterocycles. The average Bonchev–Trinajstić information content (AvgIpc) is 3.16. The summed E-state index contributed by atoms with van der Waals surface area (Å²) in [5.41, 5.74) is -0.165. The second-order valence-electron chi connectivity index (χ2n) is 5.67. The lowest BCUT2D eigenvalue weighted by atomic mass is 9.84. The molecular weight excluding hydrogens is 262 g/mol. The molecule has 0 aromatic heterocycles. The van der Waals surface area contributed by atoms with Gasteiger partial charge in [-0.1, -0.05) is 37.6 Å². The van der Waals surface area contributed by atoms with Crippen LogP contribution in [0.5, 0.6) is 0 Å². The van der Waals surface area contributed by atoms with Crippen molar-refractivity contribution in [1.82, 2.24) is 5.32 Å². The number of carboxylic acids is 1. The maximum absolute atomic E-state index is 11.9. The van der Waals surface area contributed by atoms with Crippen molar-refractivity contribution in [1.29, 1.82) is 0 Å². The molecule has 0 aliphatic heterocycles. The van der Waals surface area contributed by atoms with Crippen LogP contribution in [-0.4, -0.2) is 17.6 Å². The zero-order valence-corrected chi connectivity index (χ0v) is 12.1. The van der Waals surface area contributed by atoms with E-state index in [-0.39, 0.29) is 5.92 Å². The van der Waals surface area contributed by atoms with Gasteiger partial charge in [-0.25, -0.2) is 4.79 Å². The molecule has 1 saturated carbocycles. The normalized spacial score (nSPS) is 18.3. The van der Waals surface area contributed by atoms with Crippen LogP contribution in [0.3, 0.4) is 0 Å². The van der Waals surface area contributed by atoms with Crippen LogP contribution in [0.4, 0.5) is 0 Å². The van der Waals surface area contributed by atoms with Crippen molar-refractivity contribution in [3.63, 3.8) is 0 Å². The molecule has 0 spiro atoms. The first-order valence-corrected chi connectivity index (χ1v) is 7.09. The lowest BCUT2D eigenvalue weighted by Gasteiger charge is -2.32. The van der Waals surface area contributed by atoms with Gasteiger partial charge in [-0.2, -0.15) is 0 Å². The Kier molecular flexibility index (Phi) is 4.16. The van der Waals surface area contributed by atoms with Crippen LogP contribution in [0, 0.1) is 11.8 Å². The molecule has 4 heteroatoms. The van der Waals surface area contributed by atoms with E-state index in [4.69, 9.17) is 11.6 Å². The highest BCUT2D eigenvalue weighted by molar-refractivity contribution is 6.30. The molecule has 0 radical (unpaired) electrons. The average molecular weight is 282 g/mol. The first-order chi connectivity index (χ1) is 8.96. The fourth-order valence-electron chi connectivity index (χ4n) is 2.45. The molecule has 19 heavy (non-hydrogen) atoms. The van der Waals surface area contributed by atoms with Crippen molar-refractivity contribution in [3.8, 4) is 0 Å². The molecule has 0 amide bonds. The maximum Gasteiger partial charge on any atom is 0.328 e. The second-order valence-corrected chi connectivity index (χ2v) is 6.11. The highest BCUT2D eigenvalue weighted by atomic mass is 35.5. The molecule has 1 aromatic rings. The van der Waals surface area contributed by atoms with E-state index in [1.165, 1.54) is 0 Å². The Morgan fingerprint density at radius 1 is 1.42 bits per heavy atom. The van der Waals surface area contributed by atoms with Gasteiger partial charge in [0.05, 0.1) is 0 Å². The van der Waals surface area contributed by atoms with E-state index in [0.717, 1.165) is 18.4 Å². The summed E-state index contributed by atoms with van der Waals surface area (Å²) < 4.78 is 0. The van der Waals surface area contributed by atoms with Crippen LogP contribution in [0.2, 0.25) is 5.02 Å². The van der Waals surface area contributed by atoms with Crippen LogP contribution in [0.1, 0.15) is 32.3 Å². The number of rotatable bonds is 6. The SMILES string of the molecule is CC(C)CNC(C(=O)O)(c1ccc(Cl)cc1)C1CC1. The fraction of sp³-hybridized carbons (Fsp3) is 0.533. The van der Waals surface area contributed by atoms with Crippen LogP contribution in [0.25, 0.3) is 0 Å². The maximum atomic E-state index is 11.9. The highest BCUT2D eigenvalue weighted by Crippen LogP contribution is 2.46. The van der Waals surface area contributed by atoms with Crippen LogP contribution < -0.4 is 5.32 Å². The Balaban J connectivity index is 2.36. The largest absolute Gasteiger partial charge is 0.480 e. The van der Waals surface area contributed by atoms with Gasteiger partial charge in [0, 0.05) is 5.02 Å². The van der Waals surface area contributed by atoms with Crippen molar-refractivity contribution < 1.29 is 9.90 Å². The van der Waals surface area contributed by atoms with E-state index in [1.54, 1.807) is 12.1 Å². The summed E-state index contributed by atoms with van der Waals surface area (Å²) in [7, 11) is 0. The molecule has 0 saturated heterocycles. The third kappa shape index (κ3) is 2.93. The van der Waals surface area contributed by atoms with Gasteiger partial charge >= 0.3 is 5.97 Å². The molecule has 1 aromatic carbocycles. The van der Waals surface area contributed by atoms with Gasteiger partial charge in [0.2, 0.25) is 0 Å². The third-order valence-electron chi connectivity index (χ3n) is 3.62. The summed E-state index contributed by atoms with van der Waals surface area (Å²) in [5, 5.41) is 13.7. The fourth-order valence-corrected chi connectivity index (χ4v) is 2.58. The molecule has 104 valence electrons. The molecule has 1 unspecified atom stereocenters. The van der Waals surface area contributed by atoms with Crippen molar-refractivity contribution in [3.05, 3.63) is 34.9 Å². The molecule has 1 fully saturated rings. The zero-order chi connectivity index (χ0) is 14.0. The topological polar surface area (TPSA) is 49.3 Å². The molecule has 2 rings (SSSR count). The Morgan fingerprint density at radius 3 is 2.42 bits per heavy atom. The molecule has 2 N–H and O–H groups in total. The minimum atomic E-state index is -0.963. The van der Waals surface area contributed by atoms with Gasteiger partial charge in [-0.3, -0.25) is 5.32 Å². The van der Waals surface area contributed by atoms with Crippen molar-refractivity contribution in [2.24, 2.45) is 11.8 Å². The van der Waals surface area contributed by atoms with E-state index < -0.39 is 11.5 Å². The molecule has 1 aliphatic rings. The summed E-state index contributed by atoms with van der Waals surface area (Å²) in [6, 6.07) is 7.16. The number of halogens is 1. The summed E-state index contributed by atoms with van der Waals surface area (Å²) in [6.45, 7) is 4.84. The molecule has 0 bridgehead atoms. The van der Waals surface area contributed by atoms with Gasteiger partial charge in [0.25, 0.3) is 0 Å². The predicted molar refractivity (Wildman–Crippen MR) is 76.3 cm³/mol. The lowest BCUT2D eigenvalue weighted by molar-refractivity contribution is -0.146. The third-order valence-corrected chi connectivity index (χ3v) is 3.87. The Morgan fingerprint density at radius 2 is 2.00 bits per heavy atom. The highest BCUT2D eigenvalue weighted by Gasteiger charge is 2.52.